The van der Waals surface area contributed by atoms with Crippen molar-refractivity contribution in [3.05, 3.63) is 36.0 Å². The number of hydrogen-bond donors (Lipinski definition) is 1. The van der Waals surface area contributed by atoms with Crippen molar-refractivity contribution in [2.75, 3.05) is 7.05 Å². The van der Waals surface area contributed by atoms with Crippen LogP contribution in [0.25, 0.3) is 10.9 Å². The lowest BCUT2D eigenvalue weighted by Gasteiger charge is -2.37. The fourth-order valence-electron chi connectivity index (χ4n) is 4.29. The third-order valence-electron chi connectivity index (χ3n) is 5.44. The predicted molar refractivity (Wildman–Crippen MR) is 89.0 cm³/mol. The van der Waals surface area contributed by atoms with Gasteiger partial charge in [-0.15, -0.1) is 12.4 Å². The number of benzene rings is 1. The van der Waals surface area contributed by atoms with E-state index < -0.39 is 5.97 Å². The summed E-state index contributed by atoms with van der Waals surface area (Å²) in [4.78, 5) is 14.0. The van der Waals surface area contributed by atoms with Crippen molar-refractivity contribution in [2.45, 2.75) is 43.8 Å². The molecule has 2 fully saturated rings. The number of piperidine rings is 1. The van der Waals surface area contributed by atoms with Crippen molar-refractivity contribution in [3.8, 4) is 0 Å². The highest BCUT2D eigenvalue weighted by molar-refractivity contribution is 6.03. The molecule has 1 aromatic carbocycles. The Bertz CT molecular complexity index is 698. The summed E-state index contributed by atoms with van der Waals surface area (Å²) in [5, 5.41) is 10.3. The van der Waals surface area contributed by atoms with E-state index in [1.54, 1.807) is 0 Å². The topological polar surface area (TPSA) is 45.5 Å². The van der Waals surface area contributed by atoms with E-state index in [1.165, 1.54) is 12.8 Å². The lowest BCUT2D eigenvalue weighted by molar-refractivity contribution is 0.0698. The van der Waals surface area contributed by atoms with Gasteiger partial charge in [0.25, 0.3) is 0 Å². The van der Waals surface area contributed by atoms with E-state index in [2.05, 4.69) is 16.5 Å². The predicted octanol–water partition coefficient (Wildman–Crippen LogP) is 3.56. The van der Waals surface area contributed by atoms with Crippen LogP contribution in [0.15, 0.2) is 30.5 Å². The summed E-state index contributed by atoms with van der Waals surface area (Å²) in [5.74, 6) is -0.833. The van der Waals surface area contributed by atoms with Crippen molar-refractivity contribution in [3.63, 3.8) is 0 Å². The zero-order valence-corrected chi connectivity index (χ0v) is 13.4. The molecule has 1 aromatic heterocycles. The number of aromatic carboxylic acids is 1. The van der Waals surface area contributed by atoms with E-state index in [-0.39, 0.29) is 12.4 Å². The summed E-state index contributed by atoms with van der Waals surface area (Å²) < 4.78 is 2.22. The Balaban J connectivity index is 0.00000144. The van der Waals surface area contributed by atoms with Crippen molar-refractivity contribution in [2.24, 2.45) is 0 Å². The lowest BCUT2D eigenvalue weighted by Crippen LogP contribution is -2.40. The molecule has 4 nitrogen and oxygen atoms in total. The standard InChI is InChI=1S/C17H20N2O2.ClH/c1-18-11-6-7-12(18)9-13(8-11)19-10-15(17(20)21)14-4-2-3-5-16(14)19;/h2-5,10-13H,6-9H2,1H3,(H,20,21);1H/t11-,12+,13?;. The Kier molecular flexibility index (Phi) is 3.91. The number of carbonyl (C=O) groups is 1. The van der Waals surface area contributed by atoms with Crippen LogP contribution in [0, 0.1) is 0 Å². The van der Waals surface area contributed by atoms with Crippen molar-refractivity contribution < 1.29 is 9.90 Å². The van der Waals surface area contributed by atoms with Crippen LogP contribution in [-0.4, -0.2) is 39.7 Å². The molecule has 5 heteroatoms. The Morgan fingerprint density at radius 3 is 2.41 bits per heavy atom. The molecule has 2 aliphatic rings. The molecule has 4 rings (SSSR count). The molecule has 2 bridgehead atoms. The quantitative estimate of drug-likeness (QED) is 0.920. The number of rotatable bonds is 2. The summed E-state index contributed by atoms with van der Waals surface area (Å²) in [5.41, 5.74) is 1.49. The second-order valence-corrected chi connectivity index (χ2v) is 6.45. The third kappa shape index (κ3) is 2.22. The normalized spacial score (nSPS) is 27.8. The number of hydrogen-bond acceptors (Lipinski definition) is 2. The maximum absolute atomic E-state index is 11.5. The maximum Gasteiger partial charge on any atom is 0.337 e. The Morgan fingerprint density at radius 2 is 1.77 bits per heavy atom. The zero-order chi connectivity index (χ0) is 14.6. The average molecular weight is 321 g/mol. The van der Waals surface area contributed by atoms with Crippen LogP contribution in [0.1, 0.15) is 42.1 Å². The van der Waals surface area contributed by atoms with Gasteiger partial charge in [0, 0.05) is 35.2 Å². The summed E-state index contributed by atoms with van der Waals surface area (Å²) in [6.07, 6.45) is 6.67. The first-order valence-corrected chi connectivity index (χ1v) is 7.70. The van der Waals surface area contributed by atoms with E-state index in [9.17, 15) is 9.90 Å². The van der Waals surface area contributed by atoms with Gasteiger partial charge in [0.05, 0.1) is 5.56 Å². The molecular formula is C17H21ClN2O2. The van der Waals surface area contributed by atoms with Crippen LogP contribution in [0.2, 0.25) is 0 Å². The first-order chi connectivity index (χ1) is 10.1. The second-order valence-electron chi connectivity index (χ2n) is 6.45. The lowest BCUT2D eigenvalue weighted by atomic mass is 9.97. The van der Waals surface area contributed by atoms with Crippen LogP contribution < -0.4 is 0 Å². The molecule has 0 radical (unpaired) electrons. The minimum absolute atomic E-state index is 0. The number of carboxylic acid groups (broad SMARTS) is 1. The number of nitrogens with zero attached hydrogens (tertiary/aromatic N) is 2. The van der Waals surface area contributed by atoms with Crippen molar-refractivity contribution in [1.82, 2.24) is 9.47 Å². The smallest absolute Gasteiger partial charge is 0.337 e. The second kappa shape index (κ2) is 5.60. The average Bonchev–Trinajstić information content (AvgIpc) is 2.93. The van der Waals surface area contributed by atoms with Gasteiger partial charge in [0.1, 0.15) is 0 Å². The molecule has 2 aromatic rings. The van der Waals surface area contributed by atoms with Gasteiger partial charge in [-0.25, -0.2) is 4.79 Å². The number of carboxylic acids is 1. The Morgan fingerprint density at radius 1 is 1.14 bits per heavy atom. The molecule has 118 valence electrons. The minimum Gasteiger partial charge on any atom is -0.478 e. The van der Waals surface area contributed by atoms with Gasteiger partial charge < -0.3 is 14.6 Å². The van der Waals surface area contributed by atoms with Gasteiger partial charge in [0.15, 0.2) is 0 Å². The monoisotopic (exact) mass is 320 g/mol. The molecule has 3 atom stereocenters. The summed E-state index contributed by atoms with van der Waals surface area (Å²) in [6, 6.07) is 9.61. The van der Waals surface area contributed by atoms with E-state index in [0.717, 1.165) is 23.7 Å². The van der Waals surface area contributed by atoms with E-state index in [1.807, 2.05) is 30.5 Å². The van der Waals surface area contributed by atoms with E-state index in [0.29, 0.717) is 23.7 Å². The van der Waals surface area contributed by atoms with Gasteiger partial charge in [-0.05, 0) is 38.8 Å². The largest absolute Gasteiger partial charge is 0.478 e. The Hall–Kier alpha value is -1.52. The molecule has 1 unspecified atom stereocenters. The summed E-state index contributed by atoms with van der Waals surface area (Å²) >= 11 is 0. The highest BCUT2D eigenvalue weighted by Crippen LogP contribution is 2.41. The molecule has 0 aliphatic carbocycles. The van der Waals surface area contributed by atoms with Gasteiger partial charge in [-0.2, -0.15) is 0 Å². The third-order valence-corrected chi connectivity index (χ3v) is 5.44. The SMILES string of the molecule is CN1[C@@H]2CC[C@H]1CC(n1cc(C(=O)O)c3ccccc31)C2.Cl. The summed E-state index contributed by atoms with van der Waals surface area (Å²) in [6.45, 7) is 0. The first-order valence-electron chi connectivity index (χ1n) is 7.70. The highest BCUT2D eigenvalue weighted by Gasteiger charge is 2.39. The molecule has 22 heavy (non-hydrogen) atoms. The number of halogens is 1. The zero-order valence-electron chi connectivity index (χ0n) is 12.6. The van der Waals surface area contributed by atoms with E-state index >= 15 is 0 Å². The molecule has 3 heterocycles. The van der Waals surface area contributed by atoms with Crippen molar-refractivity contribution >= 4 is 29.3 Å². The van der Waals surface area contributed by atoms with Gasteiger partial charge in [0.2, 0.25) is 0 Å². The minimum atomic E-state index is -0.833. The fourth-order valence-corrected chi connectivity index (χ4v) is 4.29. The Labute approximate surface area is 136 Å². The number of aromatic nitrogens is 1. The van der Waals surface area contributed by atoms with Crippen LogP contribution >= 0.6 is 12.4 Å². The van der Waals surface area contributed by atoms with Crippen LogP contribution in [-0.2, 0) is 0 Å². The van der Waals surface area contributed by atoms with Crippen LogP contribution in [0.4, 0.5) is 0 Å². The van der Waals surface area contributed by atoms with Gasteiger partial charge in [-0.3, -0.25) is 0 Å². The number of fused-ring (bicyclic) bond motifs is 3. The number of para-hydroxylation sites is 1. The maximum atomic E-state index is 11.5. The molecule has 2 aliphatic heterocycles. The first kappa shape index (κ1) is 15.4. The van der Waals surface area contributed by atoms with E-state index in [4.69, 9.17) is 0 Å². The molecule has 0 spiro atoms. The molecule has 1 N–H and O–H groups in total. The molecule has 2 saturated heterocycles. The highest BCUT2D eigenvalue weighted by atomic mass is 35.5. The fraction of sp³-hybridized carbons (Fsp3) is 0.471. The van der Waals surface area contributed by atoms with Gasteiger partial charge in [-0.1, -0.05) is 18.2 Å². The van der Waals surface area contributed by atoms with Gasteiger partial charge >= 0.3 is 5.97 Å². The molecule has 0 saturated carbocycles. The molecular weight excluding hydrogens is 300 g/mol. The van der Waals surface area contributed by atoms with Crippen LogP contribution in [0.5, 0.6) is 0 Å². The summed E-state index contributed by atoms with van der Waals surface area (Å²) in [7, 11) is 2.23. The van der Waals surface area contributed by atoms with Crippen LogP contribution in [0.3, 0.4) is 0 Å². The molecule has 0 amide bonds. The van der Waals surface area contributed by atoms with Crippen molar-refractivity contribution in [1.29, 1.82) is 0 Å².